The molecule has 0 aliphatic heterocycles. The number of para-hydroxylation sites is 1. The lowest BCUT2D eigenvalue weighted by Crippen LogP contribution is -2.13. The zero-order valence-electron chi connectivity index (χ0n) is 11.8. The summed E-state index contributed by atoms with van der Waals surface area (Å²) in [6.45, 7) is 0. The van der Waals surface area contributed by atoms with Crippen molar-refractivity contribution in [1.82, 2.24) is 0 Å². The van der Waals surface area contributed by atoms with Crippen molar-refractivity contribution in [2.45, 2.75) is 12.8 Å². The minimum Gasteiger partial charge on any atom is -0.426 e. The van der Waals surface area contributed by atoms with E-state index in [1.165, 1.54) is 0 Å². The van der Waals surface area contributed by atoms with E-state index in [9.17, 15) is 14.4 Å². The fourth-order valence-electron chi connectivity index (χ4n) is 2.21. The van der Waals surface area contributed by atoms with Crippen LogP contribution in [0.5, 0.6) is 5.75 Å². The third-order valence-corrected chi connectivity index (χ3v) is 3.59. The number of hydrogen-bond acceptors (Lipinski definition) is 4. The van der Waals surface area contributed by atoms with Crippen LogP contribution < -0.4 is 4.74 Å². The first kappa shape index (κ1) is 14.2. The molecular weight excluding hydrogens is 280 g/mol. The number of esters is 1. The van der Waals surface area contributed by atoms with E-state index >= 15 is 0 Å². The normalized spacial score (nSPS) is 13.5. The Morgan fingerprint density at radius 2 is 1.59 bits per heavy atom. The summed E-state index contributed by atoms with van der Waals surface area (Å²) in [5, 5.41) is 0. The Kier molecular flexibility index (Phi) is 3.83. The van der Waals surface area contributed by atoms with Gasteiger partial charge >= 0.3 is 5.97 Å². The van der Waals surface area contributed by atoms with Gasteiger partial charge in [-0.25, -0.2) is 0 Å². The molecule has 1 saturated carbocycles. The number of hydrogen-bond donors (Lipinski definition) is 0. The van der Waals surface area contributed by atoms with Crippen LogP contribution in [0.15, 0.2) is 48.5 Å². The van der Waals surface area contributed by atoms with Crippen molar-refractivity contribution in [3.05, 3.63) is 65.2 Å². The Morgan fingerprint density at radius 1 is 0.955 bits per heavy atom. The van der Waals surface area contributed by atoms with Crippen molar-refractivity contribution in [2.24, 2.45) is 5.92 Å². The van der Waals surface area contributed by atoms with Crippen molar-refractivity contribution in [3.63, 3.8) is 0 Å². The molecule has 4 nitrogen and oxygen atoms in total. The summed E-state index contributed by atoms with van der Waals surface area (Å²) in [5.41, 5.74) is 0.897. The van der Waals surface area contributed by atoms with Gasteiger partial charge in [0.2, 0.25) is 0 Å². The fraction of sp³-hybridized carbons (Fsp3) is 0.167. The van der Waals surface area contributed by atoms with Gasteiger partial charge in [-0.3, -0.25) is 14.4 Å². The van der Waals surface area contributed by atoms with Gasteiger partial charge in [0.1, 0.15) is 5.75 Å². The first-order chi connectivity index (χ1) is 10.7. The zero-order valence-corrected chi connectivity index (χ0v) is 11.8. The van der Waals surface area contributed by atoms with Crippen LogP contribution in [0.25, 0.3) is 0 Å². The van der Waals surface area contributed by atoms with Crippen LogP contribution in [0.4, 0.5) is 0 Å². The van der Waals surface area contributed by atoms with E-state index < -0.39 is 0 Å². The molecule has 0 radical (unpaired) electrons. The largest absolute Gasteiger partial charge is 0.426 e. The second-order valence-corrected chi connectivity index (χ2v) is 5.23. The lowest BCUT2D eigenvalue weighted by molar-refractivity contribution is -0.135. The quantitative estimate of drug-likeness (QED) is 0.368. The van der Waals surface area contributed by atoms with Gasteiger partial charge in [-0.15, -0.1) is 0 Å². The maximum Gasteiger partial charge on any atom is 0.314 e. The molecule has 3 rings (SSSR count). The number of ether oxygens (including phenoxy) is 1. The molecule has 0 atom stereocenters. The summed E-state index contributed by atoms with van der Waals surface area (Å²) in [6.07, 6.45) is 2.32. The average molecular weight is 294 g/mol. The molecule has 0 N–H and O–H groups in total. The van der Waals surface area contributed by atoms with E-state index in [1.54, 1.807) is 48.5 Å². The van der Waals surface area contributed by atoms with Crippen LogP contribution >= 0.6 is 0 Å². The molecule has 1 aliphatic rings. The third-order valence-electron chi connectivity index (χ3n) is 3.59. The Bertz CT molecular complexity index is 744. The van der Waals surface area contributed by atoms with Gasteiger partial charge in [-0.05, 0) is 25.0 Å². The number of aldehydes is 1. The molecular formula is C18H14O4. The van der Waals surface area contributed by atoms with Crippen molar-refractivity contribution < 1.29 is 19.1 Å². The summed E-state index contributed by atoms with van der Waals surface area (Å²) in [4.78, 5) is 35.6. The minimum absolute atomic E-state index is 0.0505. The molecule has 0 bridgehead atoms. The van der Waals surface area contributed by atoms with Crippen LogP contribution in [0.2, 0.25) is 0 Å². The van der Waals surface area contributed by atoms with Gasteiger partial charge in [0.25, 0.3) is 0 Å². The van der Waals surface area contributed by atoms with Gasteiger partial charge in [-0.1, -0.05) is 36.4 Å². The second kappa shape index (κ2) is 5.93. The Labute approximate surface area is 127 Å². The molecule has 1 aliphatic carbocycles. The molecule has 0 aromatic heterocycles. The highest BCUT2D eigenvalue weighted by Crippen LogP contribution is 2.32. The second-order valence-electron chi connectivity index (χ2n) is 5.23. The SMILES string of the molecule is O=Cc1ccccc1C(=O)c1ccccc1OC(=O)C1CC1. The van der Waals surface area contributed by atoms with Crippen LogP contribution in [0, 0.1) is 5.92 Å². The topological polar surface area (TPSA) is 60.4 Å². The monoisotopic (exact) mass is 294 g/mol. The van der Waals surface area contributed by atoms with E-state index in [0.29, 0.717) is 17.4 Å². The maximum atomic E-state index is 12.7. The molecule has 0 spiro atoms. The first-order valence-corrected chi connectivity index (χ1v) is 7.10. The Balaban J connectivity index is 1.95. The molecule has 2 aromatic carbocycles. The number of carbonyl (C=O) groups excluding carboxylic acids is 3. The first-order valence-electron chi connectivity index (χ1n) is 7.10. The molecule has 110 valence electrons. The number of benzene rings is 2. The highest BCUT2D eigenvalue weighted by atomic mass is 16.5. The van der Waals surface area contributed by atoms with Crippen LogP contribution in [-0.2, 0) is 4.79 Å². The van der Waals surface area contributed by atoms with E-state index in [4.69, 9.17) is 4.74 Å². The van der Waals surface area contributed by atoms with Crippen LogP contribution in [0.3, 0.4) is 0 Å². The smallest absolute Gasteiger partial charge is 0.314 e. The number of ketones is 1. The van der Waals surface area contributed by atoms with E-state index in [0.717, 1.165) is 12.8 Å². The van der Waals surface area contributed by atoms with E-state index in [-0.39, 0.29) is 29.0 Å². The molecule has 2 aromatic rings. The third kappa shape index (κ3) is 2.81. The van der Waals surface area contributed by atoms with Crippen LogP contribution in [0.1, 0.15) is 39.1 Å². The number of rotatable bonds is 5. The standard InChI is InChI=1S/C18H14O4/c19-11-13-5-1-2-6-14(13)17(20)15-7-3-4-8-16(15)22-18(21)12-9-10-12/h1-8,11-12H,9-10H2. The summed E-state index contributed by atoms with van der Waals surface area (Å²) in [6, 6.07) is 13.2. The molecule has 0 unspecified atom stereocenters. The molecule has 0 amide bonds. The van der Waals surface area contributed by atoms with Gasteiger partial charge in [0, 0.05) is 11.1 Å². The van der Waals surface area contributed by atoms with Crippen molar-refractivity contribution in [3.8, 4) is 5.75 Å². The minimum atomic E-state index is -0.332. The maximum absolute atomic E-state index is 12.7. The summed E-state index contributed by atoms with van der Waals surface area (Å²) >= 11 is 0. The fourth-order valence-corrected chi connectivity index (χ4v) is 2.21. The molecule has 22 heavy (non-hydrogen) atoms. The summed E-state index contributed by atoms with van der Waals surface area (Å²) in [5.74, 6) is -0.443. The number of carbonyl (C=O) groups is 3. The highest BCUT2D eigenvalue weighted by Gasteiger charge is 2.32. The zero-order chi connectivity index (χ0) is 15.5. The van der Waals surface area contributed by atoms with Crippen LogP contribution in [-0.4, -0.2) is 18.0 Å². The average Bonchev–Trinajstić information content (AvgIpc) is 3.39. The molecule has 1 fully saturated rings. The summed E-state index contributed by atoms with van der Waals surface area (Å²) in [7, 11) is 0. The Hall–Kier alpha value is -2.75. The van der Waals surface area contributed by atoms with Crippen molar-refractivity contribution in [2.75, 3.05) is 0 Å². The summed E-state index contributed by atoms with van der Waals surface area (Å²) < 4.78 is 5.34. The van der Waals surface area contributed by atoms with E-state index in [1.807, 2.05) is 0 Å². The molecule has 0 heterocycles. The Morgan fingerprint density at radius 3 is 2.27 bits per heavy atom. The predicted octanol–water partition coefficient (Wildman–Crippen LogP) is 3.05. The van der Waals surface area contributed by atoms with E-state index in [2.05, 4.69) is 0 Å². The molecule has 0 saturated heterocycles. The molecule has 4 heteroatoms. The van der Waals surface area contributed by atoms with Gasteiger partial charge in [0.05, 0.1) is 11.5 Å². The van der Waals surface area contributed by atoms with Gasteiger partial charge in [0.15, 0.2) is 12.1 Å². The van der Waals surface area contributed by atoms with Gasteiger partial charge in [-0.2, -0.15) is 0 Å². The highest BCUT2D eigenvalue weighted by molar-refractivity contribution is 6.14. The van der Waals surface area contributed by atoms with Crippen molar-refractivity contribution in [1.29, 1.82) is 0 Å². The predicted molar refractivity (Wildman–Crippen MR) is 80.1 cm³/mol. The lowest BCUT2D eigenvalue weighted by Gasteiger charge is -2.10. The van der Waals surface area contributed by atoms with Crippen molar-refractivity contribution >= 4 is 18.0 Å². The van der Waals surface area contributed by atoms with Gasteiger partial charge < -0.3 is 4.74 Å². The lowest BCUT2D eigenvalue weighted by atomic mass is 9.98.